The standard InChI is InChI=1S/C25H35FO/c1-3-5-9-19-27-24-18-17-23(25(26)20-24)12-8-7-11-22-15-13-21(14-16-22)10-6-4-2/h7,11,17-18,20-22H,3-6,9-10,13-16,19H2,1-2H3/b11-7+. The first-order chi connectivity index (χ1) is 13.2. The average molecular weight is 371 g/mol. The van der Waals surface area contributed by atoms with Gasteiger partial charge in [-0.25, -0.2) is 4.39 Å². The van der Waals surface area contributed by atoms with E-state index in [2.05, 4.69) is 31.8 Å². The van der Waals surface area contributed by atoms with E-state index in [9.17, 15) is 4.39 Å². The van der Waals surface area contributed by atoms with Crippen molar-refractivity contribution in [3.05, 3.63) is 41.7 Å². The lowest BCUT2D eigenvalue weighted by Gasteiger charge is -2.26. The molecule has 0 amide bonds. The summed E-state index contributed by atoms with van der Waals surface area (Å²) < 4.78 is 19.7. The quantitative estimate of drug-likeness (QED) is 0.327. The first-order valence-electron chi connectivity index (χ1n) is 10.8. The Labute approximate surface area is 165 Å². The zero-order chi connectivity index (χ0) is 19.3. The Morgan fingerprint density at radius 2 is 1.85 bits per heavy atom. The number of halogens is 1. The van der Waals surface area contributed by atoms with Gasteiger partial charge in [-0.1, -0.05) is 63.9 Å². The summed E-state index contributed by atoms with van der Waals surface area (Å²) in [5.74, 6) is 7.78. The lowest BCUT2D eigenvalue weighted by Crippen LogP contribution is -2.12. The molecule has 0 unspecified atom stereocenters. The molecule has 0 aromatic heterocycles. The molecule has 0 radical (unpaired) electrons. The van der Waals surface area contributed by atoms with E-state index in [0.29, 0.717) is 23.8 Å². The number of unbranched alkanes of at least 4 members (excludes halogenated alkanes) is 3. The van der Waals surface area contributed by atoms with Crippen molar-refractivity contribution in [1.29, 1.82) is 0 Å². The fraction of sp³-hybridized carbons (Fsp3) is 0.600. The largest absolute Gasteiger partial charge is 0.493 e. The summed E-state index contributed by atoms with van der Waals surface area (Å²) in [6.45, 7) is 5.06. The van der Waals surface area contributed by atoms with E-state index in [-0.39, 0.29) is 5.82 Å². The van der Waals surface area contributed by atoms with Crippen molar-refractivity contribution < 1.29 is 9.13 Å². The van der Waals surface area contributed by atoms with Gasteiger partial charge in [-0.3, -0.25) is 0 Å². The topological polar surface area (TPSA) is 9.23 Å². The normalized spacial score (nSPS) is 19.7. The zero-order valence-electron chi connectivity index (χ0n) is 17.1. The number of hydrogen-bond donors (Lipinski definition) is 0. The van der Waals surface area contributed by atoms with Gasteiger partial charge in [0.05, 0.1) is 12.2 Å². The van der Waals surface area contributed by atoms with Crippen LogP contribution in [0.15, 0.2) is 30.4 Å². The van der Waals surface area contributed by atoms with E-state index in [1.165, 1.54) is 51.0 Å². The van der Waals surface area contributed by atoms with Crippen LogP contribution in [0.25, 0.3) is 0 Å². The molecule has 1 aromatic rings. The summed E-state index contributed by atoms with van der Waals surface area (Å²) in [4.78, 5) is 0. The second-order valence-electron chi connectivity index (χ2n) is 7.75. The minimum atomic E-state index is -0.305. The molecule has 27 heavy (non-hydrogen) atoms. The highest BCUT2D eigenvalue weighted by atomic mass is 19.1. The summed E-state index contributed by atoms with van der Waals surface area (Å²) in [6, 6.07) is 4.96. The number of rotatable bonds is 9. The number of benzene rings is 1. The molecular weight excluding hydrogens is 335 g/mol. The van der Waals surface area contributed by atoms with Crippen LogP contribution in [0.2, 0.25) is 0 Å². The van der Waals surface area contributed by atoms with E-state index in [4.69, 9.17) is 4.74 Å². The van der Waals surface area contributed by atoms with E-state index in [1.807, 2.05) is 6.08 Å². The van der Waals surface area contributed by atoms with Gasteiger partial charge in [-0.2, -0.15) is 0 Å². The summed E-state index contributed by atoms with van der Waals surface area (Å²) in [5, 5.41) is 0. The lowest BCUT2D eigenvalue weighted by molar-refractivity contribution is 0.291. The fourth-order valence-corrected chi connectivity index (χ4v) is 3.69. The first-order valence-corrected chi connectivity index (χ1v) is 10.8. The van der Waals surface area contributed by atoms with Gasteiger partial charge in [0.15, 0.2) is 0 Å². The van der Waals surface area contributed by atoms with Crippen molar-refractivity contribution in [3.63, 3.8) is 0 Å². The molecule has 0 N–H and O–H groups in total. The van der Waals surface area contributed by atoms with Crippen LogP contribution < -0.4 is 4.74 Å². The number of ether oxygens (including phenoxy) is 1. The predicted molar refractivity (Wildman–Crippen MR) is 112 cm³/mol. The van der Waals surface area contributed by atoms with Gasteiger partial charge in [-0.05, 0) is 62.1 Å². The second-order valence-corrected chi connectivity index (χ2v) is 7.75. The zero-order valence-corrected chi connectivity index (χ0v) is 17.1. The highest BCUT2D eigenvalue weighted by Crippen LogP contribution is 2.32. The molecule has 0 heterocycles. The van der Waals surface area contributed by atoms with Crippen molar-refractivity contribution >= 4 is 0 Å². The maximum Gasteiger partial charge on any atom is 0.142 e. The van der Waals surface area contributed by atoms with Gasteiger partial charge in [0.1, 0.15) is 11.6 Å². The number of allylic oxidation sites excluding steroid dienone is 2. The Hall–Kier alpha value is -1.75. The SMILES string of the molecule is CCCCCOc1ccc(C#C/C=C/C2CCC(CCCC)CC2)c(F)c1. The van der Waals surface area contributed by atoms with Gasteiger partial charge in [0.2, 0.25) is 0 Å². The smallest absolute Gasteiger partial charge is 0.142 e. The Balaban J connectivity index is 1.77. The van der Waals surface area contributed by atoms with Gasteiger partial charge < -0.3 is 4.74 Å². The molecule has 1 fully saturated rings. The van der Waals surface area contributed by atoms with Crippen LogP contribution in [-0.4, -0.2) is 6.61 Å². The molecule has 0 bridgehead atoms. The van der Waals surface area contributed by atoms with E-state index < -0.39 is 0 Å². The van der Waals surface area contributed by atoms with Crippen molar-refractivity contribution in [2.24, 2.45) is 11.8 Å². The Kier molecular flexibility index (Phi) is 10.1. The van der Waals surface area contributed by atoms with Crippen LogP contribution in [-0.2, 0) is 0 Å². The van der Waals surface area contributed by atoms with Gasteiger partial charge in [0, 0.05) is 6.07 Å². The third kappa shape index (κ3) is 8.21. The van der Waals surface area contributed by atoms with E-state index in [0.717, 1.165) is 25.2 Å². The first kappa shape index (κ1) is 21.5. The Morgan fingerprint density at radius 3 is 2.56 bits per heavy atom. The van der Waals surface area contributed by atoms with Crippen LogP contribution in [0.5, 0.6) is 5.75 Å². The summed E-state index contributed by atoms with van der Waals surface area (Å²) in [6.07, 6.45) is 16.7. The van der Waals surface area contributed by atoms with Crippen LogP contribution in [0.3, 0.4) is 0 Å². The molecular formula is C25H35FO. The van der Waals surface area contributed by atoms with Crippen molar-refractivity contribution in [3.8, 4) is 17.6 Å². The molecule has 1 saturated carbocycles. The second kappa shape index (κ2) is 12.6. The van der Waals surface area contributed by atoms with Crippen LogP contribution in [0.4, 0.5) is 4.39 Å². The molecule has 1 aliphatic rings. The molecule has 0 spiro atoms. The van der Waals surface area contributed by atoms with Gasteiger partial charge in [0.25, 0.3) is 0 Å². The lowest BCUT2D eigenvalue weighted by atomic mass is 9.80. The fourth-order valence-electron chi connectivity index (χ4n) is 3.69. The third-order valence-electron chi connectivity index (χ3n) is 5.47. The molecule has 1 aromatic carbocycles. The van der Waals surface area contributed by atoms with Crippen LogP contribution in [0.1, 0.15) is 83.6 Å². The van der Waals surface area contributed by atoms with E-state index >= 15 is 0 Å². The molecule has 1 aliphatic carbocycles. The monoisotopic (exact) mass is 370 g/mol. The van der Waals surface area contributed by atoms with Crippen molar-refractivity contribution in [2.75, 3.05) is 6.61 Å². The highest BCUT2D eigenvalue weighted by Gasteiger charge is 2.18. The molecule has 2 heteroatoms. The van der Waals surface area contributed by atoms with Gasteiger partial charge >= 0.3 is 0 Å². The molecule has 0 aliphatic heterocycles. The average Bonchev–Trinajstić information content (AvgIpc) is 2.69. The minimum absolute atomic E-state index is 0.305. The Morgan fingerprint density at radius 1 is 1.07 bits per heavy atom. The maximum atomic E-state index is 14.1. The van der Waals surface area contributed by atoms with E-state index in [1.54, 1.807) is 12.1 Å². The summed E-state index contributed by atoms with van der Waals surface area (Å²) in [7, 11) is 0. The molecule has 2 rings (SSSR count). The summed E-state index contributed by atoms with van der Waals surface area (Å²) in [5.41, 5.74) is 0.434. The maximum absolute atomic E-state index is 14.1. The molecule has 148 valence electrons. The van der Waals surface area contributed by atoms with Crippen molar-refractivity contribution in [1.82, 2.24) is 0 Å². The third-order valence-corrected chi connectivity index (χ3v) is 5.47. The Bertz CT molecular complexity index is 629. The minimum Gasteiger partial charge on any atom is -0.493 e. The highest BCUT2D eigenvalue weighted by molar-refractivity contribution is 5.41. The summed E-state index contributed by atoms with van der Waals surface area (Å²) >= 11 is 0. The molecule has 0 atom stereocenters. The van der Waals surface area contributed by atoms with Crippen LogP contribution >= 0.6 is 0 Å². The predicted octanol–water partition coefficient (Wildman–Crippen LogP) is 7.30. The van der Waals surface area contributed by atoms with Crippen molar-refractivity contribution in [2.45, 2.75) is 78.1 Å². The molecule has 1 nitrogen and oxygen atoms in total. The van der Waals surface area contributed by atoms with Gasteiger partial charge in [-0.15, -0.1) is 0 Å². The molecule has 0 saturated heterocycles. The number of hydrogen-bond acceptors (Lipinski definition) is 1. The van der Waals surface area contributed by atoms with Crippen LogP contribution in [0, 0.1) is 29.5 Å².